The van der Waals surface area contributed by atoms with E-state index in [0.717, 1.165) is 16.8 Å². The first-order chi connectivity index (χ1) is 11.2. The first kappa shape index (κ1) is 15.2. The Bertz CT molecular complexity index is 765. The number of hydrogen-bond acceptors (Lipinski definition) is 3. The normalized spacial score (nSPS) is 14.5. The average molecular weight is 309 g/mol. The van der Waals surface area contributed by atoms with Crippen LogP contribution >= 0.6 is 0 Å². The zero-order valence-corrected chi connectivity index (χ0v) is 13.3. The molecule has 0 aliphatic carbocycles. The van der Waals surface area contributed by atoms with E-state index in [-0.39, 0.29) is 5.91 Å². The molecule has 0 unspecified atom stereocenters. The van der Waals surface area contributed by atoms with Gasteiger partial charge >= 0.3 is 0 Å². The van der Waals surface area contributed by atoms with Crippen LogP contribution in [0.4, 0.5) is 5.69 Å². The van der Waals surface area contributed by atoms with E-state index in [4.69, 9.17) is 9.47 Å². The van der Waals surface area contributed by atoms with Gasteiger partial charge in [0.25, 0.3) is 5.91 Å². The van der Waals surface area contributed by atoms with Crippen LogP contribution in [0.5, 0.6) is 11.5 Å². The summed E-state index contributed by atoms with van der Waals surface area (Å²) < 4.78 is 11.2. The fourth-order valence-corrected chi connectivity index (χ4v) is 2.61. The third kappa shape index (κ3) is 3.06. The SMILES string of the molecule is CCOc1ccc(C=C2C(=O)Nc3ccccc32)cc1OCC. The maximum absolute atomic E-state index is 12.2. The van der Waals surface area contributed by atoms with Crippen LogP contribution in [0.1, 0.15) is 25.0 Å². The lowest BCUT2D eigenvalue weighted by Gasteiger charge is -2.11. The third-order valence-electron chi connectivity index (χ3n) is 3.59. The fourth-order valence-electron chi connectivity index (χ4n) is 2.61. The lowest BCUT2D eigenvalue weighted by atomic mass is 10.0. The Morgan fingerprint density at radius 1 is 1.00 bits per heavy atom. The minimum absolute atomic E-state index is 0.0851. The summed E-state index contributed by atoms with van der Waals surface area (Å²) in [5.41, 5.74) is 3.33. The van der Waals surface area contributed by atoms with Crippen LogP contribution in [0, 0.1) is 0 Å². The van der Waals surface area contributed by atoms with Gasteiger partial charge in [-0.1, -0.05) is 24.3 Å². The van der Waals surface area contributed by atoms with Gasteiger partial charge in [-0.2, -0.15) is 0 Å². The highest BCUT2D eigenvalue weighted by Crippen LogP contribution is 2.34. The highest BCUT2D eigenvalue weighted by molar-refractivity contribution is 6.34. The smallest absolute Gasteiger partial charge is 0.256 e. The molecule has 4 heteroatoms. The molecule has 0 saturated heterocycles. The molecule has 1 N–H and O–H groups in total. The predicted octanol–water partition coefficient (Wildman–Crippen LogP) is 3.98. The van der Waals surface area contributed by atoms with Crippen LogP contribution in [0.3, 0.4) is 0 Å². The molecular weight excluding hydrogens is 290 g/mol. The summed E-state index contributed by atoms with van der Waals surface area (Å²) in [6.07, 6.45) is 1.87. The highest BCUT2D eigenvalue weighted by Gasteiger charge is 2.23. The van der Waals surface area contributed by atoms with Crippen molar-refractivity contribution in [1.82, 2.24) is 0 Å². The third-order valence-corrected chi connectivity index (χ3v) is 3.59. The highest BCUT2D eigenvalue weighted by atomic mass is 16.5. The summed E-state index contributed by atoms with van der Waals surface area (Å²) in [5.74, 6) is 1.32. The summed E-state index contributed by atoms with van der Waals surface area (Å²) in [6.45, 7) is 5.01. The van der Waals surface area contributed by atoms with Crippen LogP contribution in [-0.4, -0.2) is 19.1 Å². The first-order valence-electron chi connectivity index (χ1n) is 7.75. The van der Waals surface area contributed by atoms with Gasteiger partial charge in [0, 0.05) is 16.8 Å². The Morgan fingerprint density at radius 3 is 2.52 bits per heavy atom. The molecule has 1 aliphatic heterocycles. The van der Waals surface area contributed by atoms with Gasteiger partial charge in [-0.05, 0) is 43.7 Å². The molecule has 23 heavy (non-hydrogen) atoms. The molecule has 1 aliphatic rings. The second-order valence-electron chi connectivity index (χ2n) is 5.13. The molecule has 0 bridgehead atoms. The van der Waals surface area contributed by atoms with E-state index < -0.39 is 0 Å². The van der Waals surface area contributed by atoms with Crippen molar-refractivity contribution in [3.8, 4) is 11.5 Å². The first-order valence-corrected chi connectivity index (χ1v) is 7.75. The molecular formula is C19H19NO3. The molecule has 4 nitrogen and oxygen atoms in total. The topological polar surface area (TPSA) is 47.6 Å². The Kier molecular flexibility index (Phi) is 4.33. The summed E-state index contributed by atoms with van der Waals surface area (Å²) in [6, 6.07) is 13.4. The summed E-state index contributed by atoms with van der Waals surface area (Å²) in [5, 5.41) is 2.88. The summed E-state index contributed by atoms with van der Waals surface area (Å²) in [7, 11) is 0. The Hall–Kier alpha value is -2.75. The molecule has 0 radical (unpaired) electrons. The summed E-state index contributed by atoms with van der Waals surface area (Å²) >= 11 is 0. The zero-order valence-electron chi connectivity index (χ0n) is 13.3. The van der Waals surface area contributed by atoms with Gasteiger partial charge in [-0.3, -0.25) is 4.79 Å². The van der Waals surface area contributed by atoms with Gasteiger partial charge in [0.15, 0.2) is 11.5 Å². The van der Waals surface area contributed by atoms with E-state index in [0.29, 0.717) is 30.3 Å². The molecule has 2 aromatic rings. The van der Waals surface area contributed by atoms with Crippen LogP contribution in [-0.2, 0) is 4.79 Å². The van der Waals surface area contributed by atoms with Crippen molar-refractivity contribution in [2.24, 2.45) is 0 Å². The minimum atomic E-state index is -0.0851. The molecule has 2 aromatic carbocycles. The van der Waals surface area contributed by atoms with Gasteiger partial charge < -0.3 is 14.8 Å². The van der Waals surface area contributed by atoms with Crippen LogP contribution < -0.4 is 14.8 Å². The maximum atomic E-state index is 12.2. The van der Waals surface area contributed by atoms with E-state index in [1.807, 2.05) is 62.4 Å². The number of hydrogen-bond donors (Lipinski definition) is 1. The molecule has 1 amide bonds. The number of rotatable bonds is 5. The van der Waals surface area contributed by atoms with E-state index in [9.17, 15) is 4.79 Å². The molecule has 1 heterocycles. The lowest BCUT2D eigenvalue weighted by molar-refractivity contribution is -0.110. The maximum Gasteiger partial charge on any atom is 0.256 e. The van der Waals surface area contributed by atoms with Gasteiger partial charge in [-0.25, -0.2) is 0 Å². The standard InChI is InChI=1S/C19H19NO3/c1-3-22-17-10-9-13(12-18(17)23-4-2)11-15-14-7-5-6-8-16(14)20-19(15)21/h5-12H,3-4H2,1-2H3,(H,20,21). The van der Waals surface area contributed by atoms with Crippen molar-refractivity contribution in [2.75, 3.05) is 18.5 Å². The number of nitrogens with one attached hydrogen (secondary N) is 1. The number of benzene rings is 2. The molecule has 0 saturated carbocycles. The largest absolute Gasteiger partial charge is 0.490 e. The van der Waals surface area contributed by atoms with Gasteiger partial charge in [-0.15, -0.1) is 0 Å². The minimum Gasteiger partial charge on any atom is -0.490 e. The van der Waals surface area contributed by atoms with Crippen molar-refractivity contribution in [3.63, 3.8) is 0 Å². The number of carbonyl (C=O) groups is 1. The molecule has 3 rings (SSSR count). The second kappa shape index (κ2) is 6.57. The number of fused-ring (bicyclic) bond motifs is 1. The monoisotopic (exact) mass is 309 g/mol. The van der Waals surface area contributed by atoms with E-state index in [1.54, 1.807) is 0 Å². The number of amides is 1. The second-order valence-corrected chi connectivity index (χ2v) is 5.13. The molecule has 0 aromatic heterocycles. The fraction of sp³-hybridized carbons (Fsp3) is 0.211. The Labute approximate surface area is 135 Å². The van der Waals surface area contributed by atoms with Crippen LogP contribution in [0.15, 0.2) is 42.5 Å². The summed E-state index contributed by atoms with van der Waals surface area (Å²) in [4.78, 5) is 12.2. The molecule has 0 spiro atoms. The number of carbonyl (C=O) groups excluding carboxylic acids is 1. The Balaban J connectivity index is 1.99. The van der Waals surface area contributed by atoms with Gasteiger partial charge in [0.1, 0.15) is 0 Å². The van der Waals surface area contributed by atoms with Crippen molar-refractivity contribution >= 4 is 23.2 Å². The molecule has 0 fully saturated rings. The van der Waals surface area contributed by atoms with Crippen LogP contribution in [0.25, 0.3) is 11.6 Å². The molecule has 118 valence electrons. The van der Waals surface area contributed by atoms with Gasteiger partial charge in [0.2, 0.25) is 0 Å². The predicted molar refractivity (Wildman–Crippen MR) is 91.7 cm³/mol. The number of anilines is 1. The van der Waals surface area contributed by atoms with Crippen molar-refractivity contribution in [1.29, 1.82) is 0 Å². The average Bonchev–Trinajstić information content (AvgIpc) is 2.86. The van der Waals surface area contributed by atoms with Crippen LogP contribution in [0.2, 0.25) is 0 Å². The van der Waals surface area contributed by atoms with E-state index >= 15 is 0 Å². The van der Waals surface area contributed by atoms with Crippen molar-refractivity contribution in [2.45, 2.75) is 13.8 Å². The number of para-hydroxylation sites is 1. The van der Waals surface area contributed by atoms with Crippen molar-refractivity contribution < 1.29 is 14.3 Å². The Morgan fingerprint density at radius 2 is 1.74 bits per heavy atom. The molecule has 0 atom stereocenters. The zero-order chi connectivity index (χ0) is 16.2. The van der Waals surface area contributed by atoms with E-state index in [2.05, 4.69) is 5.32 Å². The quantitative estimate of drug-likeness (QED) is 0.850. The van der Waals surface area contributed by atoms with Crippen molar-refractivity contribution in [3.05, 3.63) is 53.6 Å². The number of ether oxygens (including phenoxy) is 2. The van der Waals surface area contributed by atoms with E-state index in [1.165, 1.54) is 0 Å². The van der Waals surface area contributed by atoms with Gasteiger partial charge in [0.05, 0.1) is 13.2 Å². The lowest BCUT2D eigenvalue weighted by Crippen LogP contribution is -2.03.